The van der Waals surface area contributed by atoms with Crippen molar-refractivity contribution in [3.05, 3.63) is 0 Å². The van der Waals surface area contributed by atoms with Crippen molar-refractivity contribution in [3.63, 3.8) is 0 Å². The number of carbonyl (C=O) groups is 1. The topological polar surface area (TPSA) is 41.6 Å². The summed E-state index contributed by atoms with van der Waals surface area (Å²) >= 11 is 0. The molecule has 0 aromatic rings. The number of ether oxygens (including phenoxy) is 1. The normalized spacial score (nSPS) is 26.1. The van der Waals surface area contributed by atoms with E-state index in [0.29, 0.717) is 5.92 Å². The van der Waals surface area contributed by atoms with Gasteiger partial charge in [-0.2, -0.15) is 0 Å². The highest BCUT2D eigenvalue weighted by Gasteiger charge is 2.31. The predicted octanol–water partition coefficient (Wildman–Crippen LogP) is 0.479. The Morgan fingerprint density at radius 2 is 2.00 bits per heavy atom. The minimum Gasteiger partial charge on any atom is -0.462 e. The van der Waals surface area contributed by atoms with Gasteiger partial charge < -0.3 is 15.0 Å². The quantitative estimate of drug-likeness (QED) is 0.711. The standard InChI is InChI=1S/C12H22N2O2/c1-9(10-7-13-8-10)12(15)16-11-3-5-14(2)6-4-11/h9-11,13H,3-8H2,1-2H3. The van der Waals surface area contributed by atoms with Crippen molar-refractivity contribution in [3.8, 4) is 0 Å². The molecule has 2 aliphatic rings. The lowest BCUT2D eigenvalue weighted by molar-refractivity contribution is -0.158. The molecule has 0 aromatic carbocycles. The molecule has 0 saturated carbocycles. The van der Waals surface area contributed by atoms with Gasteiger partial charge in [0.2, 0.25) is 0 Å². The van der Waals surface area contributed by atoms with Crippen LogP contribution in [-0.4, -0.2) is 50.2 Å². The first-order valence-corrected chi connectivity index (χ1v) is 6.26. The van der Waals surface area contributed by atoms with Gasteiger partial charge in [0.1, 0.15) is 6.10 Å². The fourth-order valence-corrected chi connectivity index (χ4v) is 2.23. The summed E-state index contributed by atoms with van der Waals surface area (Å²) in [5, 5.41) is 3.19. The van der Waals surface area contributed by atoms with E-state index in [2.05, 4.69) is 17.3 Å². The van der Waals surface area contributed by atoms with Gasteiger partial charge >= 0.3 is 5.97 Å². The smallest absolute Gasteiger partial charge is 0.309 e. The second kappa shape index (κ2) is 5.15. The Balaban J connectivity index is 1.73. The van der Waals surface area contributed by atoms with E-state index in [1.807, 2.05) is 6.92 Å². The lowest BCUT2D eigenvalue weighted by Crippen LogP contribution is -2.48. The molecular formula is C12H22N2O2. The van der Waals surface area contributed by atoms with Crippen LogP contribution >= 0.6 is 0 Å². The molecule has 2 aliphatic heterocycles. The highest BCUT2D eigenvalue weighted by atomic mass is 16.5. The zero-order valence-electron chi connectivity index (χ0n) is 10.2. The largest absolute Gasteiger partial charge is 0.462 e. The van der Waals surface area contributed by atoms with E-state index >= 15 is 0 Å². The van der Waals surface area contributed by atoms with E-state index in [1.165, 1.54) is 0 Å². The molecule has 0 bridgehead atoms. The van der Waals surface area contributed by atoms with Crippen molar-refractivity contribution in [2.24, 2.45) is 11.8 Å². The van der Waals surface area contributed by atoms with Crippen LogP contribution in [-0.2, 0) is 9.53 Å². The van der Waals surface area contributed by atoms with Crippen molar-refractivity contribution in [1.82, 2.24) is 10.2 Å². The second-order valence-corrected chi connectivity index (χ2v) is 5.15. The monoisotopic (exact) mass is 226 g/mol. The average Bonchev–Trinajstić information content (AvgIpc) is 2.19. The van der Waals surface area contributed by atoms with Crippen LogP contribution in [0.1, 0.15) is 19.8 Å². The molecule has 2 heterocycles. The first-order chi connectivity index (χ1) is 7.66. The zero-order valence-corrected chi connectivity index (χ0v) is 10.2. The van der Waals surface area contributed by atoms with Crippen molar-refractivity contribution >= 4 is 5.97 Å². The predicted molar refractivity (Wildman–Crippen MR) is 62.1 cm³/mol. The number of rotatable bonds is 3. The third-order valence-electron chi connectivity index (χ3n) is 3.84. The first-order valence-electron chi connectivity index (χ1n) is 6.26. The van der Waals surface area contributed by atoms with Gasteiger partial charge in [-0.05, 0) is 38.9 Å². The summed E-state index contributed by atoms with van der Waals surface area (Å²) in [4.78, 5) is 14.1. The highest BCUT2D eigenvalue weighted by Crippen LogP contribution is 2.20. The molecule has 2 fully saturated rings. The van der Waals surface area contributed by atoms with Crippen LogP contribution in [0.3, 0.4) is 0 Å². The zero-order chi connectivity index (χ0) is 11.5. The van der Waals surface area contributed by atoms with Crippen molar-refractivity contribution in [2.75, 3.05) is 33.2 Å². The Kier molecular flexibility index (Phi) is 3.82. The Bertz CT molecular complexity index is 245. The van der Waals surface area contributed by atoms with Crippen LogP contribution in [0.2, 0.25) is 0 Å². The van der Waals surface area contributed by atoms with Crippen molar-refractivity contribution in [2.45, 2.75) is 25.9 Å². The van der Waals surface area contributed by atoms with Crippen molar-refractivity contribution in [1.29, 1.82) is 0 Å². The number of carbonyl (C=O) groups excluding carboxylic acids is 1. The molecule has 0 radical (unpaired) electrons. The van der Waals surface area contributed by atoms with Crippen LogP contribution in [0.15, 0.2) is 0 Å². The van der Waals surface area contributed by atoms with Crippen LogP contribution in [0.4, 0.5) is 0 Å². The molecule has 1 unspecified atom stereocenters. The molecule has 4 heteroatoms. The van der Waals surface area contributed by atoms with E-state index in [9.17, 15) is 4.79 Å². The number of hydrogen-bond acceptors (Lipinski definition) is 4. The Hall–Kier alpha value is -0.610. The molecule has 0 amide bonds. The minimum atomic E-state index is 0.000975. The number of piperidine rings is 1. The number of esters is 1. The second-order valence-electron chi connectivity index (χ2n) is 5.15. The Labute approximate surface area is 97.3 Å². The molecule has 1 N–H and O–H groups in total. The highest BCUT2D eigenvalue weighted by molar-refractivity contribution is 5.72. The third kappa shape index (κ3) is 2.74. The minimum absolute atomic E-state index is 0.000975. The molecular weight excluding hydrogens is 204 g/mol. The Morgan fingerprint density at radius 3 is 2.50 bits per heavy atom. The summed E-state index contributed by atoms with van der Waals surface area (Å²) in [5.74, 6) is 0.542. The summed E-state index contributed by atoms with van der Waals surface area (Å²) < 4.78 is 5.56. The van der Waals surface area contributed by atoms with Gasteiger partial charge in [0.15, 0.2) is 0 Å². The summed E-state index contributed by atoms with van der Waals surface area (Å²) in [7, 11) is 2.11. The van der Waals surface area contributed by atoms with E-state index in [4.69, 9.17) is 4.74 Å². The SMILES string of the molecule is CC(C(=O)OC1CCN(C)CC1)C1CNC1. The van der Waals surface area contributed by atoms with Crippen LogP contribution in [0.5, 0.6) is 0 Å². The number of nitrogens with one attached hydrogen (secondary N) is 1. The number of nitrogens with zero attached hydrogens (tertiary/aromatic N) is 1. The molecule has 16 heavy (non-hydrogen) atoms. The van der Waals surface area contributed by atoms with Crippen LogP contribution < -0.4 is 5.32 Å². The molecule has 0 spiro atoms. The molecule has 4 nitrogen and oxygen atoms in total. The van der Waals surface area contributed by atoms with Gasteiger partial charge in [-0.3, -0.25) is 4.79 Å². The average molecular weight is 226 g/mol. The molecule has 0 aromatic heterocycles. The number of hydrogen-bond donors (Lipinski definition) is 1. The van der Waals surface area contributed by atoms with Gasteiger partial charge in [0.25, 0.3) is 0 Å². The van der Waals surface area contributed by atoms with Gasteiger partial charge in [0.05, 0.1) is 5.92 Å². The maximum atomic E-state index is 11.9. The lowest BCUT2D eigenvalue weighted by Gasteiger charge is -2.33. The summed E-state index contributed by atoms with van der Waals surface area (Å²) in [6.45, 7) is 5.99. The van der Waals surface area contributed by atoms with Crippen LogP contribution in [0, 0.1) is 11.8 Å². The van der Waals surface area contributed by atoms with E-state index in [-0.39, 0.29) is 18.0 Å². The van der Waals surface area contributed by atoms with E-state index in [1.54, 1.807) is 0 Å². The third-order valence-corrected chi connectivity index (χ3v) is 3.84. The molecule has 2 rings (SSSR count). The molecule has 92 valence electrons. The van der Waals surface area contributed by atoms with Crippen LogP contribution in [0.25, 0.3) is 0 Å². The lowest BCUT2D eigenvalue weighted by atomic mass is 9.89. The first kappa shape index (κ1) is 11.9. The van der Waals surface area contributed by atoms with E-state index < -0.39 is 0 Å². The summed E-state index contributed by atoms with van der Waals surface area (Å²) in [6, 6.07) is 0. The van der Waals surface area contributed by atoms with Crippen molar-refractivity contribution < 1.29 is 9.53 Å². The summed E-state index contributed by atoms with van der Waals surface area (Å²) in [6.07, 6.45) is 2.12. The maximum absolute atomic E-state index is 11.9. The van der Waals surface area contributed by atoms with Gasteiger partial charge in [0, 0.05) is 13.1 Å². The van der Waals surface area contributed by atoms with E-state index in [0.717, 1.165) is 39.0 Å². The molecule has 0 aliphatic carbocycles. The maximum Gasteiger partial charge on any atom is 0.309 e. The fourth-order valence-electron chi connectivity index (χ4n) is 2.23. The summed E-state index contributed by atoms with van der Waals surface area (Å²) in [5.41, 5.74) is 0. The Morgan fingerprint density at radius 1 is 1.38 bits per heavy atom. The number of likely N-dealkylation sites (tertiary alicyclic amines) is 1. The van der Waals surface area contributed by atoms with Gasteiger partial charge in [-0.15, -0.1) is 0 Å². The fraction of sp³-hybridized carbons (Fsp3) is 0.917. The molecule has 1 atom stereocenters. The molecule has 2 saturated heterocycles. The van der Waals surface area contributed by atoms with Gasteiger partial charge in [-0.1, -0.05) is 6.92 Å². The van der Waals surface area contributed by atoms with Gasteiger partial charge in [-0.25, -0.2) is 0 Å².